The minimum absolute atomic E-state index is 0.120. The van der Waals surface area contributed by atoms with E-state index in [4.69, 9.17) is 0 Å². The van der Waals surface area contributed by atoms with Gasteiger partial charge in [0.25, 0.3) is 0 Å². The molecule has 0 bridgehead atoms. The normalized spacial score (nSPS) is 36.6. The molecular formula is C15H30O. The van der Waals surface area contributed by atoms with Crippen molar-refractivity contribution in [3.63, 3.8) is 0 Å². The zero-order chi connectivity index (χ0) is 12.2. The highest BCUT2D eigenvalue weighted by Crippen LogP contribution is 2.52. The molecule has 16 heavy (non-hydrogen) atoms. The summed E-state index contributed by atoms with van der Waals surface area (Å²) in [5.74, 6) is 1.81. The van der Waals surface area contributed by atoms with Crippen LogP contribution in [-0.4, -0.2) is 11.2 Å². The maximum atomic E-state index is 9.35. The highest BCUT2D eigenvalue weighted by atomic mass is 16.3. The third-order valence-corrected chi connectivity index (χ3v) is 4.98. The molecule has 1 rings (SSSR count). The molecule has 3 unspecified atom stereocenters. The van der Waals surface area contributed by atoms with E-state index in [1.807, 2.05) is 6.92 Å². The van der Waals surface area contributed by atoms with E-state index in [1.54, 1.807) is 0 Å². The molecule has 1 aliphatic rings. The molecule has 1 heteroatoms. The molecule has 4 atom stereocenters. The fourth-order valence-corrected chi connectivity index (χ4v) is 3.56. The lowest BCUT2D eigenvalue weighted by molar-refractivity contribution is 0.122. The molecule has 1 fully saturated rings. The first kappa shape index (κ1) is 14.0. The molecule has 0 heterocycles. The number of aliphatic hydroxyl groups is 1. The van der Waals surface area contributed by atoms with E-state index >= 15 is 0 Å². The molecule has 1 N–H and O–H groups in total. The van der Waals surface area contributed by atoms with E-state index in [0.717, 1.165) is 18.3 Å². The van der Waals surface area contributed by atoms with Gasteiger partial charge in [0, 0.05) is 0 Å². The maximum Gasteiger partial charge on any atom is 0.0512 e. The van der Waals surface area contributed by atoms with Gasteiger partial charge in [-0.15, -0.1) is 0 Å². The van der Waals surface area contributed by atoms with Crippen LogP contribution in [0.1, 0.15) is 72.6 Å². The van der Waals surface area contributed by atoms with E-state index in [0.29, 0.717) is 5.41 Å². The topological polar surface area (TPSA) is 20.2 Å². The molecule has 0 amide bonds. The van der Waals surface area contributed by atoms with E-state index in [-0.39, 0.29) is 6.10 Å². The first-order valence-corrected chi connectivity index (χ1v) is 7.18. The predicted octanol–water partition coefficient (Wildman–Crippen LogP) is 4.39. The van der Waals surface area contributed by atoms with Crippen molar-refractivity contribution >= 4 is 0 Å². The van der Waals surface area contributed by atoms with Gasteiger partial charge in [-0.2, -0.15) is 0 Å². The predicted molar refractivity (Wildman–Crippen MR) is 70.4 cm³/mol. The summed E-state index contributed by atoms with van der Waals surface area (Å²) in [5, 5.41) is 9.35. The van der Waals surface area contributed by atoms with E-state index in [9.17, 15) is 5.11 Å². The Morgan fingerprint density at radius 3 is 2.62 bits per heavy atom. The minimum atomic E-state index is -0.120. The second kappa shape index (κ2) is 6.05. The molecule has 0 aliphatic heterocycles. The lowest BCUT2D eigenvalue weighted by Crippen LogP contribution is -2.27. The third kappa shape index (κ3) is 3.23. The lowest BCUT2D eigenvalue weighted by atomic mass is 9.69. The Morgan fingerprint density at radius 1 is 1.38 bits per heavy atom. The van der Waals surface area contributed by atoms with Crippen molar-refractivity contribution < 1.29 is 5.11 Å². The van der Waals surface area contributed by atoms with E-state index in [1.165, 1.54) is 38.5 Å². The summed E-state index contributed by atoms with van der Waals surface area (Å²) in [4.78, 5) is 0. The van der Waals surface area contributed by atoms with Crippen LogP contribution in [0.15, 0.2) is 0 Å². The van der Waals surface area contributed by atoms with E-state index < -0.39 is 0 Å². The summed E-state index contributed by atoms with van der Waals surface area (Å²) in [6, 6.07) is 0. The van der Waals surface area contributed by atoms with Crippen LogP contribution >= 0.6 is 0 Å². The molecule has 0 saturated heterocycles. The largest absolute Gasteiger partial charge is 0.393 e. The lowest BCUT2D eigenvalue weighted by Gasteiger charge is -2.36. The Kier molecular flexibility index (Phi) is 5.30. The second-order valence-corrected chi connectivity index (χ2v) is 6.21. The van der Waals surface area contributed by atoms with Crippen molar-refractivity contribution in [3.05, 3.63) is 0 Å². The minimum Gasteiger partial charge on any atom is -0.393 e. The first-order chi connectivity index (χ1) is 7.50. The number of hydrogen-bond acceptors (Lipinski definition) is 1. The highest BCUT2D eigenvalue weighted by Gasteiger charge is 2.42. The SMILES string of the molecule is CCCC1CC[C@@H](C)C1(C)CCCC(C)O. The fourth-order valence-electron chi connectivity index (χ4n) is 3.56. The molecule has 96 valence electrons. The van der Waals surface area contributed by atoms with Gasteiger partial charge in [0.05, 0.1) is 6.10 Å². The van der Waals surface area contributed by atoms with Crippen LogP contribution < -0.4 is 0 Å². The Balaban J connectivity index is 2.49. The second-order valence-electron chi connectivity index (χ2n) is 6.21. The molecule has 0 aromatic rings. The van der Waals surface area contributed by atoms with Gasteiger partial charge in [0.15, 0.2) is 0 Å². The molecule has 0 aromatic heterocycles. The van der Waals surface area contributed by atoms with Crippen LogP contribution in [0.5, 0.6) is 0 Å². The van der Waals surface area contributed by atoms with Crippen LogP contribution in [0.25, 0.3) is 0 Å². The smallest absolute Gasteiger partial charge is 0.0512 e. The van der Waals surface area contributed by atoms with Gasteiger partial charge in [-0.1, -0.05) is 40.0 Å². The molecule has 0 aromatic carbocycles. The molecule has 1 saturated carbocycles. The number of aliphatic hydroxyl groups excluding tert-OH is 1. The van der Waals surface area contributed by atoms with Crippen molar-refractivity contribution in [2.75, 3.05) is 0 Å². The summed E-state index contributed by atoms with van der Waals surface area (Å²) in [7, 11) is 0. The first-order valence-electron chi connectivity index (χ1n) is 7.18. The summed E-state index contributed by atoms with van der Waals surface area (Å²) in [6.07, 6.45) is 8.92. The molecule has 1 aliphatic carbocycles. The van der Waals surface area contributed by atoms with Crippen LogP contribution in [0.4, 0.5) is 0 Å². The zero-order valence-electron chi connectivity index (χ0n) is 11.6. The molecule has 0 radical (unpaired) electrons. The number of hydrogen-bond donors (Lipinski definition) is 1. The summed E-state index contributed by atoms with van der Waals surface area (Å²) in [6.45, 7) is 9.13. The molecule has 0 spiro atoms. The van der Waals surface area contributed by atoms with Crippen molar-refractivity contribution in [2.45, 2.75) is 78.7 Å². The fraction of sp³-hybridized carbons (Fsp3) is 1.00. The molecule has 1 nitrogen and oxygen atoms in total. The van der Waals surface area contributed by atoms with Gasteiger partial charge in [0.1, 0.15) is 0 Å². The highest BCUT2D eigenvalue weighted by molar-refractivity contribution is 4.92. The number of rotatable bonds is 6. The van der Waals surface area contributed by atoms with Gasteiger partial charge in [0.2, 0.25) is 0 Å². The van der Waals surface area contributed by atoms with Gasteiger partial charge in [-0.3, -0.25) is 0 Å². The summed E-state index contributed by atoms with van der Waals surface area (Å²) < 4.78 is 0. The summed E-state index contributed by atoms with van der Waals surface area (Å²) in [5.41, 5.74) is 0.547. The van der Waals surface area contributed by atoms with Crippen molar-refractivity contribution in [1.82, 2.24) is 0 Å². The van der Waals surface area contributed by atoms with Crippen molar-refractivity contribution in [1.29, 1.82) is 0 Å². The Bertz CT molecular complexity index is 198. The Labute approximate surface area is 102 Å². The third-order valence-electron chi connectivity index (χ3n) is 4.98. The van der Waals surface area contributed by atoms with Gasteiger partial charge in [-0.25, -0.2) is 0 Å². The van der Waals surface area contributed by atoms with Gasteiger partial charge in [-0.05, 0) is 49.9 Å². The Hall–Kier alpha value is -0.0400. The van der Waals surface area contributed by atoms with Crippen molar-refractivity contribution in [3.8, 4) is 0 Å². The average molecular weight is 226 g/mol. The average Bonchev–Trinajstić information content (AvgIpc) is 2.46. The van der Waals surface area contributed by atoms with E-state index in [2.05, 4.69) is 20.8 Å². The summed E-state index contributed by atoms with van der Waals surface area (Å²) >= 11 is 0. The standard InChI is InChI=1S/C15H30O/c1-5-7-14-10-9-12(2)15(14,4)11-6-8-13(3)16/h12-14,16H,5-11H2,1-4H3/t12-,13?,14?,15?/m1/s1. The Morgan fingerprint density at radius 2 is 2.06 bits per heavy atom. The molecular weight excluding hydrogens is 196 g/mol. The quantitative estimate of drug-likeness (QED) is 0.712. The van der Waals surface area contributed by atoms with Crippen LogP contribution in [0, 0.1) is 17.3 Å². The van der Waals surface area contributed by atoms with Crippen LogP contribution in [-0.2, 0) is 0 Å². The van der Waals surface area contributed by atoms with Gasteiger partial charge >= 0.3 is 0 Å². The maximum absolute atomic E-state index is 9.35. The van der Waals surface area contributed by atoms with Crippen LogP contribution in [0.2, 0.25) is 0 Å². The van der Waals surface area contributed by atoms with Crippen molar-refractivity contribution in [2.24, 2.45) is 17.3 Å². The monoisotopic (exact) mass is 226 g/mol. The van der Waals surface area contributed by atoms with Crippen LogP contribution in [0.3, 0.4) is 0 Å². The zero-order valence-corrected chi connectivity index (χ0v) is 11.6. The van der Waals surface area contributed by atoms with Gasteiger partial charge < -0.3 is 5.11 Å².